The first-order valence-electron chi connectivity index (χ1n) is 8.66. The number of hydrogen-bond donors (Lipinski definition) is 1. The molecule has 130 valence electrons. The Bertz CT molecular complexity index is 897. The van der Waals surface area contributed by atoms with E-state index in [4.69, 9.17) is 10.1 Å². The van der Waals surface area contributed by atoms with Gasteiger partial charge in [0.1, 0.15) is 0 Å². The van der Waals surface area contributed by atoms with Gasteiger partial charge in [0.15, 0.2) is 5.65 Å². The first kappa shape index (κ1) is 17.1. The molecule has 3 rings (SSSR count). The minimum absolute atomic E-state index is 0.0688. The van der Waals surface area contributed by atoms with Gasteiger partial charge in [-0.2, -0.15) is 5.10 Å². The number of aromatic nitrogens is 3. The number of benzene rings is 1. The third-order valence-electron chi connectivity index (χ3n) is 4.29. The third-order valence-corrected chi connectivity index (χ3v) is 4.29. The number of aryl methyl sites for hydroxylation is 2. The van der Waals surface area contributed by atoms with E-state index in [1.807, 2.05) is 68.6 Å². The first-order valence-corrected chi connectivity index (χ1v) is 8.66. The molecule has 0 aliphatic heterocycles. The second-order valence-electron chi connectivity index (χ2n) is 6.65. The fourth-order valence-electron chi connectivity index (χ4n) is 3.07. The number of rotatable bonds is 5. The lowest BCUT2D eigenvalue weighted by Crippen LogP contribution is -2.30. The average molecular weight is 336 g/mol. The zero-order valence-corrected chi connectivity index (χ0v) is 15.2. The van der Waals surface area contributed by atoms with Gasteiger partial charge in [-0.1, -0.05) is 30.3 Å². The Balaban J connectivity index is 1.91. The predicted molar refractivity (Wildman–Crippen MR) is 99.5 cm³/mol. The lowest BCUT2D eigenvalue weighted by atomic mass is 10.1. The lowest BCUT2D eigenvalue weighted by molar-refractivity contribution is -0.121. The van der Waals surface area contributed by atoms with E-state index in [0.717, 1.165) is 33.9 Å². The second kappa shape index (κ2) is 7.05. The number of carbonyl (C=O) groups excluding carboxylic acids is 1. The molecule has 0 radical (unpaired) electrons. The minimum Gasteiger partial charge on any atom is -0.354 e. The van der Waals surface area contributed by atoms with E-state index in [0.29, 0.717) is 12.8 Å². The SMILES string of the molecule is Cc1nc2cc(-c3ccccc3)nn2c(C)c1CCC(=O)NC(C)C. The van der Waals surface area contributed by atoms with Crippen LogP contribution in [0.5, 0.6) is 0 Å². The molecule has 0 atom stereocenters. The smallest absolute Gasteiger partial charge is 0.220 e. The summed E-state index contributed by atoms with van der Waals surface area (Å²) < 4.78 is 1.88. The number of amides is 1. The molecule has 1 amide bonds. The maximum atomic E-state index is 11.9. The molecule has 0 saturated carbocycles. The Hall–Kier alpha value is -2.69. The molecule has 0 aliphatic rings. The summed E-state index contributed by atoms with van der Waals surface area (Å²) in [5, 5.41) is 7.65. The Labute approximate surface area is 148 Å². The van der Waals surface area contributed by atoms with Crippen molar-refractivity contribution in [2.75, 3.05) is 0 Å². The number of nitrogens with one attached hydrogen (secondary N) is 1. The van der Waals surface area contributed by atoms with Crippen molar-refractivity contribution >= 4 is 11.6 Å². The minimum atomic E-state index is 0.0688. The Morgan fingerprint density at radius 1 is 1.20 bits per heavy atom. The molecule has 2 aromatic heterocycles. The van der Waals surface area contributed by atoms with Gasteiger partial charge in [-0.05, 0) is 39.7 Å². The summed E-state index contributed by atoms with van der Waals surface area (Å²) >= 11 is 0. The molecule has 1 N–H and O–H groups in total. The Kier molecular flexibility index (Phi) is 4.83. The van der Waals surface area contributed by atoms with Gasteiger partial charge in [-0.3, -0.25) is 4.79 Å². The van der Waals surface area contributed by atoms with E-state index in [2.05, 4.69) is 5.32 Å². The Morgan fingerprint density at radius 2 is 1.92 bits per heavy atom. The molecule has 5 heteroatoms. The van der Waals surface area contributed by atoms with Gasteiger partial charge in [0.2, 0.25) is 5.91 Å². The second-order valence-corrected chi connectivity index (χ2v) is 6.65. The van der Waals surface area contributed by atoms with E-state index in [-0.39, 0.29) is 11.9 Å². The molecule has 2 heterocycles. The normalized spacial score (nSPS) is 11.2. The van der Waals surface area contributed by atoms with Crippen molar-refractivity contribution in [1.29, 1.82) is 0 Å². The van der Waals surface area contributed by atoms with E-state index >= 15 is 0 Å². The van der Waals surface area contributed by atoms with Crippen LogP contribution < -0.4 is 5.32 Å². The van der Waals surface area contributed by atoms with Crippen molar-refractivity contribution in [1.82, 2.24) is 19.9 Å². The highest BCUT2D eigenvalue weighted by molar-refractivity contribution is 5.76. The van der Waals surface area contributed by atoms with Gasteiger partial charge in [0, 0.05) is 35.5 Å². The van der Waals surface area contributed by atoms with E-state index in [1.165, 1.54) is 0 Å². The van der Waals surface area contributed by atoms with Gasteiger partial charge in [0.05, 0.1) is 5.69 Å². The van der Waals surface area contributed by atoms with Crippen LogP contribution in [-0.2, 0) is 11.2 Å². The van der Waals surface area contributed by atoms with E-state index in [9.17, 15) is 4.79 Å². The molecular formula is C20H24N4O. The maximum absolute atomic E-state index is 11.9. The Morgan fingerprint density at radius 3 is 2.60 bits per heavy atom. The molecule has 0 spiro atoms. The maximum Gasteiger partial charge on any atom is 0.220 e. The molecule has 25 heavy (non-hydrogen) atoms. The van der Waals surface area contributed by atoms with Crippen LogP contribution in [0.2, 0.25) is 0 Å². The van der Waals surface area contributed by atoms with Crippen LogP contribution in [-0.4, -0.2) is 26.5 Å². The number of hydrogen-bond acceptors (Lipinski definition) is 3. The van der Waals surface area contributed by atoms with Crippen LogP contribution in [0.25, 0.3) is 16.9 Å². The van der Waals surface area contributed by atoms with Crippen LogP contribution >= 0.6 is 0 Å². The lowest BCUT2D eigenvalue weighted by Gasteiger charge is -2.12. The molecule has 5 nitrogen and oxygen atoms in total. The fraction of sp³-hybridized carbons (Fsp3) is 0.350. The molecule has 0 bridgehead atoms. The van der Waals surface area contributed by atoms with Gasteiger partial charge in [0.25, 0.3) is 0 Å². The molecule has 0 saturated heterocycles. The van der Waals surface area contributed by atoms with Crippen molar-refractivity contribution in [2.45, 2.75) is 46.6 Å². The topological polar surface area (TPSA) is 59.3 Å². The van der Waals surface area contributed by atoms with Gasteiger partial charge in [-0.25, -0.2) is 9.50 Å². The van der Waals surface area contributed by atoms with Crippen molar-refractivity contribution in [3.8, 4) is 11.3 Å². The van der Waals surface area contributed by atoms with Crippen LogP contribution in [0, 0.1) is 13.8 Å². The standard InChI is InChI=1S/C20H24N4O/c1-13(2)21-20(25)11-10-17-14(3)22-19-12-18(23-24(19)15(17)4)16-8-6-5-7-9-16/h5-9,12-13H,10-11H2,1-4H3,(H,21,25). The van der Waals surface area contributed by atoms with Gasteiger partial charge in [-0.15, -0.1) is 0 Å². The van der Waals surface area contributed by atoms with Crippen molar-refractivity contribution in [2.24, 2.45) is 0 Å². The van der Waals surface area contributed by atoms with Crippen molar-refractivity contribution < 1.29 is 4.79 Å². The van der Waals surface area contributed by atoms with Crippen molar-refractivity contribution in [3.63, 3.8) is 0 Å². The molecular weight excluding hydrogens is 312 g/mol. The number of carbonyl (C=O) groups is 1. The summed E-state index contributed by atoms with van der Waals surface area (Å²) in [5.41, 5.74) is 5.91. The number of nitrogens with zero attached hydrogens (tertiary/aromatic N) is 3. The number of fused-ring (bicyclic) bond motifs is 1. The predicted octanol–water partition coefficient (Wildman–Crippen LogP) is 3.47. The van der Waals surface area contributed by atoms with Crippen molar-refractivity contribution in [3.05, 3.63) is 53.3 Å². The molecule has 0 unspecified atom stereocenters. The zero-order valence-electron chi connectivity index (χ0n) is 15.2. The largest absolute Gasteiger partial charge is 0.354 e. The highest BCUT2D eigenvalue weighted by Crippen LogP contribution is 2.22. The quantitative estimate of drug-likeness (QED) is 0.776. The summed E-state index contributed by atoms with van der Waals surface area (Å²) in [4.78, 5) is 16.6. The van der Waals surface area contributed by atoms with E-state index < -0.39 is 0 Å². The average Bonchev–Trinajstić information content (AvgIpc) is 2.99. The third kappa shape index (κ3) is 3.71. The molecule has 1 aromatic carbocycles. The highest BCUT2D eigenvalue weighted by Gasteiger charge is 2.14. The first-order chi connectivity index (χ1) is 12.0. The summed E-state index contributed by atoms with van der Waals surface area (Å²) in [6.07, 6.45) is 1.12. The highest BCUT2D eigenvalue weighted by atomic mass is 16.1. The summed E-state index contributed by atoms with van der Waals surface area (Å²) in [7, 11) is 0. The molecule has 3 aromatic rings. The van der Waals surface area contributed by atoms with Crippen LogP contribution in [0.3, 0.4) is 0 Å². The monoisotopic (exact) mass is 336 g/mol. The van der Waals surface area contributed by atoms with Crippen LogP contribution in [0.4, 0.5) is 0 Å². The summed E-state index contributed by atoms with van der Waals surface area (Å²) in [6.45, 7) is 7.98. The summed E-state index contributed by atoms with van der Waals surface area (Å²) in [5.74, 6) is 0.0688. The zero-order chi connectivity index (χ0) is 18.0. The fourth-order valence-corrected chi connectivity index (χ4v) is 3.07. The molecule has 0 aliphatic carbocycles. The van der Waals surface area contributed by atoms with Crippen LogP contribution in [0.1, 0.15) is 37.2 Å². The van der Waals surface area contributed by atoms with Gasteiger partial charge >= 0.3 is 0 Å². The van der Waals surface area contributed by atoms with Crippen LogP contribution in [0.15, 0.2) is 36.4 Å². The molecule has 0 fully saturated rings. The summed E-state index contributed by atoms with van der Waals surface area (Å²) in [6, 6.07) is 12.3. The van der Waals surface area contributed by atoms with Gasteiger partial charge < -0.3 is 5.32 Å². The van der Waals surface area contributed by atoms with E-state index in [1.54, 1.807) is 0 Å².